The molecule has 1 aliphatic carbocycles. The first kappa shape index (κ1) is 16.7. The van der Waals surface area contributed by atoms with Crippen molar-refractivity contribution in [3.63, 3.8) is 0 Å². The first-order valence-corrected chi connectivity index (χ1v) is 9.33. The minimum absolute atomic E-state index is 0.00712. The van der Waals surface area contributed by atoms with Gasteiger partial charge in [0.2, 0.25) is 5.91 Å². The van der Waals surface area contributed by atoms with Crippen LogP contribution in [0.5, 0.6) is 0 Å². The molecule has 2 aromatic carbocycles. The van der Waals surface area contributed by atoms with Crippen molar-refractivity contribution in [2.45, 2.75) is 30.2 Å². The zero-order valence-electron chi connectivity index (χ0n) is 12.5. The van der Waals surface area contributed by atoms with Gasteiger partial charge in [-0.15, -0.1) is 11.8 Å². The van der Waals surface area contributed by atoms with Crippen LogP contribution in [0.3, 0.4) is 0 Å². The summed E-state index contributed by atoms with van der Waals surface area (Å²) in [6.07, 6.45) is 3.18. The molecule has 0 heterocycles. The molecule has 0 aliphatic heterocycles. The van der Waals surface area contributed by atoms with Gasteiger partial charge in [-0.05, 0) is 42.5 Å². The Bertz CT molecular complexity index is 700. The van der Waals surface area contributed by atoms with Gasteiger partial charge in [0.1, 0.15) is 0 Å². The SMILES string of the molecule is O=C(CSc1c(Cl)cccc1Cl)N[C@@H]1CCCc2ccccc21. The monoisotopic (exact) mass is 365 g/mol. The van der Waals surface area contributed by atoms with Crippen LogP contribution in [0.1, 0.15) is 30.0 Å². The zero-order chi connectivity index (χ0) is 16.2. The third-order valence-electron chi connectivity index (χ3n) is 3.97. The molecule has 1 amide bonds. The summed E-state index contributed by atoms with van der Waals surface area (Å²) < 4.78 is 0. The highest BCUT2D eigenvalue weighted by molar-refractivity contribution is 8.00. The third-order valence-corrected chi connectivity index (χ3v) is 5.96. The molecule has 0 bridgehead atoms. The fraction of sp³-hybridized carbons (Fsp3) is 0.278. The lowest BCUT2D eigenvalue weighted by Gasteiger charge is -2.26. The summed E-state index contributed by atoms with van der Waals surface area (Å²) in [5.41, 5.74) is 2.58. The number of hydrogen-bond acceptors (Lipinski definition) is 2. The highest BCUT2D eigenvalue weighted by Gasteiger charge is 2.21. The normalized spacial score (nSPS) is 16.7. The maximum atomic E-state index is 12.3. The summed E-state index contributed by atoms with van der Waals surface area (Å²) in [6.45, 7) is 0. The van der Waals surface area contributed by atoms with Crippen molar-refractivity contribution in [1.82, 2.24) is 5.32 Å². The Kier molecular flexibility index (Phi) is 5.52. The average molecular weight is 366 g/mol. The van der Waals surface area contributed by atoms with Crippen LogP contribution in [0.4, 0.5) is 0 Å². The molecule has 0 unspecified atom stereocenters. The Hall–Kier alpha value is -1.16. The van der Waals surface area contributed by atoms with Crippen LogP contribution in [-0.4, -0.2) is 11.7 Å². The molecule has 0 radical (unpaired) electrons. The Balaban J connectivity index is 1.63. The van der Waals surface area contributed by atoms with E-state index in [1.54, 1.807) is 18.2 Å². The van der Waals surface area contributed by atoms with Gasteiger partial charge < -0.3 is 5.32 Å². The van der Waals surface area contributed by atoms with E-state index in [2.05, 4.69) is 23.5 Å². The standard InChI is InChI=1S/C18H17Cl2NOS/c19-14-8-4-9-15(20)18(14)23-11-17(22)21-16-10-3-6-12-5-1-2-7-13(12)16/h1-2,4-5,7-9,16H,3,6,10-11H2,(H,21,22)/t16-/m1/s1. The first-order chi connectivity index (χ1) is 11.1. The topological polar surface area (TPSA) is 29.1 Å². The summed E-state index contributed by atoms with van der Waals surface area (Å²) in [5.74, 6) is 0.315. The lowest BCUT2D eigenvalue weighted by atomic mass is 9.88. The first-order valence-electron chi connectivity index (χ1n) is 7.59. The van der Waals surface area contributed by atoms with Crippen molar-refractivity contribution in [2.24, 2.45) is 0 Å². The molecular formula is C18H17Cl2NOS. The van der Waals surface area contributed by atoms with E-state index >= 15 is 0 Å². The lowest BCUT2D eigenvalue weighted by molar-refractivity contribution is -0.119. The highest BCUT2D eigenvalue weighted by atomic mass is 35.5. The van der Waals surface area contributed by atoms with Crippen LogP contribution in [-0.2, 0) is 11.2 Å². The van der Waals surface area contributed by atoms with Crippen LogP contribution in [0.25, 0.3) is 0 Å². The number of carbonyl (C=O) groups excluding carboxylic acids is 1. The number of halogens is 2. The van der Waals surface area contributed by atoms with Crippen molar-refractivity contribution in [1.29, 1.82) is 0 Å². The van der Waals surface area contributed by atoms with Gasteiger partial charge in [0.15, 0.2) is 0 Å². The Morgan fingerprint density at radius 2 is 1.87 bits per heavy atom. The highest BCUT2D eigenvalue weighted by Crippen LogP contribution is 2.34. The number of thioether (sulfide) groups is 1. The van der Waals surface area contributed by atoms with Gasteiger partial charge in [0.05, 0.1) is 21.8 Å². The molecule has 0 saturated heterocycles. The van der Waals surface area contributed by atoms with E-state index in [0.717, 1.165) is 24.2 Å². The third kappa shape index (κ3) is 4.03. The second-order valence-corrected chi connectivity index (χ2v) is 7.35. The number of aryl methyl sites for hydroxylation is 1. The number of hydrogen-bond donors (Lipinski definition) is 1. The molecule has 1 aliphatic rings. The van der Waals surface area contributed by atoms with Crippen LogP contribution < -0.4 is 5.32 Å². The van der Waals surface area contributed by atoms with Crippen LogP contribution >= 0.6 is 35.0 Å². The molecule has 2 nitrogen and oxygen atoms in total. The maximum Gasteiger partial charge on any atom is 0.230 e. The number of benzene rings is 2. The van der Waals surface area contributed by atoms with E-state index in [-0.39, 0.29) is 11.9 Å². The minimum Gasteiger partial charge on any atom is -0.349 e. The molecule has 1 atom stereocenters. The predicted molar refractivity (Wildman–Crippen MR) is 97.4 cm³/mol. The van der Waals surface area contributed by atoms with Crippen LogP contribution in [0.15, 0.2) is 47.4 Å². The van der Waals surface area contributed by atoms with E-state index in [1.165, 1.54) is 22.9 Å². The van der Waals surface area contributed by atoms with Gasteiger partial charge >= 0.3 is 0 Å². The van der Waals surface area contributed by atoms with Crippen molar-refractivity contribution >= 4 is 40.9 Å². The molecule has 5 heteroatoms. The summed E-state index contributed by atoms with van der Waals surface area (Å²) in [5, 5.41) is 4.30. The van der Waals surface area contributed by atoms with Crippen molar-refractivity contribution < 1.29 is 4.79 Å². The maximum absolute atomic E-state index is 12.3. The number of carbonyl (C=O) groups is 1. The molecule has 120 valence electrons. The minimum atomic E-state index is 0.00712. The molecule has 1 N–H and O–H groups in total. The summed E-state index contributed by atoms with van der Waals surface area (Å²) >= 11 is 13.6. The molecule has 0 spiro atoms. The molecule has 0 saturated carbocycles. The Labute approximate surface area is 150 Å². The van der Waals surface area contributed by atoms with E-state index in [1.807, 2.05) is 6.07 Å². The molecule has 3 rings (SSSR count). The van der Waals surface area contributed by atoms with Crippen molar-refractivity contribution in [3.8, 4) is 0 Å². The van der Waals surface area contributed by atoms with Gasteiger partial charge in [0.25, 0.3) is 0 Å². The van der Waals surface area contributed by atoms with Gasteiger partial charge in [0, 0.05) is 4.90 Å². The summed E-state index contributed by atoms with van der Waals surface area (Å²) in [6, 6.07) is 13.8. The van der Waals surface area contributed by atoms with E-state index < -0.39 is 0 Å². The van der Waals surface area contributed by atoms with Crippen molar-refractivity contribution in [2.75, 3.05) is 5.75 Å². The number of amides is 1. The van der Waals surface area contributed by atoms with E-state index in [0.29, 0.717) is 15.8 Å². The largest absolute Gasteiger partial charge is 0.349 e. The van der Waals surface area contributed by atoms with Gasteiger partial charge in [-0.25, -0.2) is 0 Å². The lowest BCUT2D eigenvalue weighted by Crippen LogP contribution is -2.32. The van der Waals surface area contributed by atoms with Gasteiger partial charge in [-0.1, -0.05) is 53.5 Å². The van der Waals surface area contributed by atoms with Crippen LogP contribution in [0.2, 0.25) is 10.0 Å². The number of nitrogens with one attached hydrogen (secondary N) is 1. The smallest absolute Gasteiger partial charge is 0.230 e. The molecule has 0 aromatic heterocycles. The average Bonchev–Trinajstić information content (AvgIpc) is 2.55. The van der Waals surface area contributed by atoms with Gasteiger partial charge in [-0.2, -0.15) is 0 Å². The predicted octanol–water partition coefficient (Wildman–Crippen LogP) is 5.28. The molecule has 2 aromatic rings. The zero-order valence-corrected chi connectivity index (χ0v) is 14.8. The van der Waals surface area contributed by atoms with Crippen molar-refractivity contribution in [3.05, 3.63) is 63.6 Å². The Morgan fingerprint density at radius 3 is 2.65 bits per heavy atom. The number of rotatable bonds is 4. The summed E-state index contributed by atoms with van der Waals surface area (Å²) in [7, 11) is 0. The quantitative estimate of drug-likeness (QED) is 0.746. The summed E-state index contributed by atoms with van der Waals surface area (Å²) in [4.78, 5) is 13.1. The van der Waals surface area contributed by atoms with Crippen LogP contribution in [0, 0.1) is 0 Å². The second-order valence-electron chi connectivity index (χ2n) is 5.55. The Morgan fingerprint density at radius 1 is 1.13 bits per heavy atom. The second kappa shape index (κ2) is 7.61. The van der Waals surface area contributed by atoms with E-state index in [4.69, 9.17) is 23.2 Å². The fourth-order valence-corrected chi connectivity index (χ4v) is 4.39. The molecular weight excluding hydrogens is 349 g/mol. The fourth-order valence-electron chi connectivity index (χ4n) is 2.90. The number of fused-ring (bicyclic) bond motifs is 1. The van der Waals surface area contributed by atoms with Gasteiger partial charge in [-0.3, -0.25) is 4.79 Å². The van der Waals surface area contributed by atoms with E-state index in [9.17, 15) is 4.79 Å². The molecule has 0 fully saturated rings. The molecule has 23 heavy (non-hydrogen) atoms.